The zero-order valence-corrected chi connectivity index (χ0v) is 13.0. The van der Waals surface area contributed by atoms with E-state index in [4.69, 9.17) is 17.3 Å². The lowest BCUT2D eigenvalue weighted by Crippen LogP contribution is -2.35. The average Bonchev–Trinajstić information content (AvgIpc) is 2.48. The second-order valence-electron chi connectivity index (χ2n) is 4.54. The predicted molar refractivity (Wildman–Crippen MR) is 84.5 cm³/mol. The number of hydrogen-bond acceptors (Lipinski definition) is 3. The van der Waals surface area contributed by atoms with Crippen LogP contribution >= 0.6 is 11.6 Å². The van der Waals surface area contributed by atoms with Gasteiger partial charge in [0, 0.05) is 19.6 Å². The summed E-state index contributed by atoms with van der Waals surface area (Å²) in [6.45, 7) is 0.755. The van der Waals surface area contributed by atoms with E-state index >= 15 is 0 Å². The maximum absolute atomic E-state index is 12.7. The Bertz CT molecular complexity index is 690. The molecule has 0 aromatic heterocycles. The van der Waals surface area contributed by atoms with E-state index in [1.165, 1.54) is 10.4 Å². The van der Waals surface area contributed by atoms with Crippen LogP contribution in [-0.2, 0) is 16.6 Å². The standard InChI is InChI=1S/C15H17ClN2O2S/c16-14-8-4-5-9-15(14)21(19,20)18(11-10-17)12-13-6-2-1-3-7-13/h1-9H,10-12,17H2. The maximum atomic E-state index is 12.7. The summed E-state index contributed by atoms with van der Waals surface area (Å²) in [4.78, 5) is 0.107. The molecular weight excluding hydrogens is 308 g/mol. The quantitative estimate of drug-likeness (QED) is 0.888. The van der Waals surface area contributed by atoms with Crippen LogP contribution in [-0.4, -0.2) is 25.8 Å². The third kappa shape index (κ3) is 3.83. The summed E-state index contributed by atoms with van der Waals surface area (Å²) < 4.78 is 26.8. The van der Waals surface area contributed by atoms with Crippen LogP contribution in [0.2, 0.25) is 5.02 Å². The molecule has 0 heterocycles. The molecule has 0 amide bonds. The fraction of sp³-hybridized carbons (Fsp3) is 0.200. The first-order valence-corrected chi connectivity index (χ1v) is 8.36. The Balaban J connectivity index is 2.35. The van der Waals surface area contributed by atoms with Crippen molar-refractivity contribution in [1.29, 1.82) is 0 Å². The summed E-state index contributed by atoms with van der Waals surface area (Å²) in [5.41, 5.74) is 6.46. The number of nitrogens with zero attached hydrogens (tertiary/aromatic N) is 1. The summed E-state index contributed by atoms with van der Waals surface area (Å²) in [6, 6.07) is 15.8. The molecule has 2 N–H and O–H groups in total. The van der Waals surface area contributed by atoms with Gasteiger partial charge in [-0.2, -0.15) is 4.31 Å². The summed E-state index contributed by atoms with van der Waals surface area (Å²) >= 11 is 6.02. The lowest BCUT2D eigenvalue weighted by atomic mass is 10.2. The van der Waals surface area contributed by atoms with Gasteiger partial charge in [-0.15, -0.1) is 0 Å². The molecule has 112 valence electrons. The van der Waals surface area contributed by atoms with Crippen molar-refractivity contribution in [2.45, 2.75) is 11.4 Å². The molecule has 0 saturated carbocycles. The van der Waals surface area contributed by atoms with Crippen molar-refractivity contribution in [2.24, 2.45) is 5.73 Å². The van der Waals surface area contributed by atoms with Crippen LogP contribution < -0.4 is 5.73 Å². The minimum atomic E-state index is -3.67. The third-order valence-corrected chi connectivity index (χ3v) is 5.38. The zero-order chi connectivity index (χ0) is 15.3. The average molecular weight is 325 g/mol. The summed E-state index contributed by atoms with van der Waals surface area (Å²) in [6.07, 6.45) is 0. The van der Waals surface area contributed by atoms with Crippen molar-refractivity contribution in [3.05, 3.63) is 65.2 Å². The molecule has 0 atom stereocenters. The number of benzene rings is 2. The third-order valence-electron chi connectivity index (χ3n) is 3.03. The van der Waals surface area contributed by atoms with Crippen molar-refractivity contribution in [1.82, 2.24) is 4.31 Å². The highest BCUT2D eigenvalue weighted by Crippen LogP contribution is 2.25. The molecule has 21 heavy (non-hydrogen) atoms. The van der Waals surface area contributed by atoms with E-state index in [1.807, 2.05) is 30.3 Å². The molecule has 0 radical (unpaired) electrons. The van der Waals surface area contributed by atoms with Gasteiger partial charge in [-0.25, -0.2) is 8.42 Å². The molecule has 0 spiro atoms. The van der Waals surface area contributed by atoms with E-state index in [0.717, 1.165) is 5.56 Å². The number of rotatable bonds is 6. The fourth-order valence-electron chi connectivity index (χ4n) is 2.01. The molecule has 2 rings (SSSR count). The molecule has 2 aromatic rings. The molecule has 0 aliphatic heterocycles. The molecule has 0 aliphatic rings. The van der Waals surface area contributed by atoms with Crippen molar-refractivity contribution >= 4 is 21.6 Å². The smallest absolute Gasteiger partial charge is 0.244 e. The van der Waals surface area contributed by atoms with E-state index in [9.17, 15) is 8.42 Å². The second kappa shape index (κ2) is 7.04. The summed E-state index contributed by atoms with van der Waals surface area (Å²) in [7, 11) is -3.67. The van der Waals surface area contributed by atoms with Crippen LogP contribution in [0, 0.1) is 0 Å². The highest BCUT2D eigenvalue weighted by Gasteiger charge is 2.26. The normalized spacial score (nSPS) is 11.8. The number of nitrogens with two attached hydrogens (primary N) is 1. The van der Waals surface area contributed by atoms with E-state index in [0.29, 0.717) is 0 Å². The Hall–Kier alpha value is -1.40. The number of halogens is 1. The monoisotopic (exact) mass is 324 g/mol. The van der Waals surface area contributed by atoms with Gasteiger partial charge in [-0.05, 0) is 17.7 Å². The van der Waals surface area contributed by atoms with Gasteiger partial charge in [-0.1, -0.05) is 54.1 Å². The van der Waals surface area contributed by atoms with Gasteiger partial charge in [0.05, 0.1) is 5.02 Å². The molecule has 4 nitrogen and oxygen atoms in total. The molecule has 2 aromatic carbocycles. The largest absolute Gasteiger partial charge is 0.329 e. The van der Waals surface area contributed by atoms with Crippen LogP contribution in [0.3, 0.4) is 0 Å². The molecule has 0 bridgehead atoms. The maximum Gasteiger partial charge on any atom is 0.244 e. The first-order chi connectivity index (χ1) is 10.1. The minimum Gasteiger partial charge on any atom is -0.329 e. The first kappa shape index (κ1) is 16.0. The number of hydrogen-bond donors (Lipinski definition) is 1. The molecule has 0 saturated heterocycles. The highest BCUT2D eigenvalue weighted by atomic mass is 35.5. The minimum absolute atomic E-state index is 0.107. The van der Waals surface area contributed by atoms with Crippen LogP contribution in [0.15, 0.2) is 59.5 Å². The van der Waals surface area contributed by atoms with E-state index in [2.05, 4.69) is 0 Å². The van der Waals surface area contributed by atoms with Crippen LogP contribution in [0.4, 0.5) is 0 Å². The first-order valence-electron chi connectivity index (χ1n) is 6.54. The molecule has 6 heteroatoms. The lowest BCUT2D eigenvalue weighted by molar-refractivity contribution is 0.414. The zero-order valence-electron chi connectivity index (χ0n) is 11.4. The van der Waals surface area contributed by atoms with E-state index in [-0.39, 0.29) is 29.6 Å². The Labute approximate surface area is 130 Å². The van der Waals surface area contributed by atoms with E-state index < -0.39 is 10.0 Å². The number of sulfonamides is 1. The Morgan fingerprint density at radius 3 is 2.24 bits per heavy atom. The van der Waals surface area contributed by atoms with Crippen molar-refractivity contribution in [2.75, 3.05) is 13.1 Å². The van der Waals surface area contributed by atoms with Gasteiger partial charge >= 0.3 is 0 Å². The van der Waals surface area contributed by atoms with Crippen LogP contribution in [0.5, 0.6) is 0 Å². The summed E-state index contributed by atoms with van der Waals surface area (Å²) in [5, 5.41) is 0.215. The lowest BCUT2D eigenvalue weighted by Gasteiger charge is -2.22. The second-order valence-corrected chi connectivity index (χ2v) is 6.86. The van der Waals surface area contributed by atoms with Gasteiger partial charge in [0.2, 0.25) is 10.0 Å². The molecular formula is C15H17ClN2O2S. The Kier molecular flexibility index (Phi) is 5.36. The van der Waals surface area contributed by atoms with Crippen molar-refractivity contribution < 1.29 is 8.42 Å². The van der Waals surface area contributed by atoms with Gasteiger partial charge in [-0.3, -0.25) is 0 Å². The molecule has 0 unspecified atom stereocenters. The van der Waals surface area contributed by atoms with Crippen LogP contribution in [0.25, 0.3) is 0 Å². The van der Waals surface area contributed by atoms with Gasteiger partial charge < -0.3 is 5.73 Å². The highest BCUT2D eigenvalue weighted by molar-refractivity contribution is 7.89. The van der Waals surface area contributed by atoms with Gasteiger partial charge in [0.25, 0.3) is 0 Å². The van der Waals surface area contributed by atoms with Crippen molar-refractivity contribution in [3.8, 4) is 0 Å². The molecule has 0 aliphatic carbocycles. The van der Waals surface area contributed by atoms with E-state index in [1.54, 1.807) is 18.2 Å². The predicted octanol–water partition coefficient (Wildman–Crippen LogP) is 2.49. The van der Waals surface area contributed by atoms with Crippen LogP contribution in [0.1, 0.15) is 5.56 Å². The summed E-state index contributed by atoms with van der Waals surface area (Å²) in [5.74, 6) is 0. The Morgan fingerprint density at radius 1 is 1.00 bits per heavy atom. The SMILES string of the molecule is NCCN(Cc1ccccc1)S(=O)(=O)c1ccccc1Cl. The van der Waals surface area contributed by atoms with Crippen molar-refractivity contribution in [3.63, 3.8) is 0 Å². The Morgan fingerprint density at radius 2 is 1.62 bits per heavy atom. The molecule has 0 fully saturated rings. The fourth-order valence-corrected chi connectivity index (χ4v) is 3.94. The topological polar surface area (TPSA) is 63.4 Å². The van der Waals surface area contributed by atoms with Gasteiger partial charge in [0.1, 0.15) is 4.90 Å². The van der Waals surface area contributed by atoms with Gasteiger partial charge in [0.15, 0.2) is 0 Å².